The number of aliphatic hydroxyl groups is 1. The van der Waals surface area contributed by atoms with Gasteiger partial charge in [0.1, 0.15) is 5.75 Å². The summed E-state index contributed by atoms with van der Waals surface area (Å²) in [5, 5.41) is 9.30. The zero-order valence-electron chi connectivity index (χ0n) is 19.0. The summed E-state index contributed by atoms with van der Waals surface area (Å²) in [7, 11) is -0.248. The SMILES string of the molecule is COc1ccc(CO[C@@H](C)[C@H](C/C=C(/C)CCO)O[Si](C)(C)C(C)(C)C)cc1. The lowest BCUT2D eigenvalue weighted by Crippen LogP contribution is -2.47. The average Bonchev–Trinajstić information content (AvgIpc) is 2.62. The van der Waals surface area contributed by atoms with Crippen molar-refractivity contribution >= 4 is 8.32 Å². The molecule has 160 valence electrons. The van der Waals surface area contributed by atoms with Crippen LogP contribution in [0.3, 0.4) is 0 Å². The Morgan fingerprint density at radius 3 is 2.29 bits per heavy atom. The highest BCUT2D eigenvalue weighted by Crippen LogP contribution is 2.38. The molecule has 28 heavy (non-hydrogen) atoms. The van der Waals surface area contributed by atoms with Crippen LogP contribution in [0.1, 0.15) is 53.0 Å². The fourth-order valence-corrected chi connectivity index (χ4v) is 3.94. The Balaban J connectivity index is 2.84. The summed E-state index contributed by atoms with van der Waals surface area (Å²) in [6.45, 7) is 16.2. The second-order valence-electron chi connectivity index (χ2n) is 9.04. The van der Waals surface area contributed by atoms with Crippen molar-refractivity contribution in [1.82, 2.24) is 0 Å². The Bertz CT molecular complexity index is 602. The second-order valence-corrected chi connectivity index (χ2v) is 13.8. The van der Waals surface area contributed by atoms with Gasteiger partial charge in [-0.1, -0.05) is 44.6 Å². The predicted molar refractivity (Wildman–Crippen MR) is 119 cm³/mol. The van der Waals surface area contributed by atoms with Gasteiger partial charge >= 0.3 is 0 Å². The van der Waals surface area contributed by atoms with Crippen LogP contribution in [0.2, 0.25) is 18.1 Å². The van der Waals surface area contributed by atoms with Gasteiger partial charge in [0.15, 0.2) is 8.32 Å². The Kier molecular flexibility index (Phi) is 9.91. The van der Waals surface area contributed by atoms with Crippen LogP contribution in [0.4, 0.5) is 0 Å². The van der Waals surface area contributed by atoms with E-state index in [4.69, 9.17) is 19.0 Å². The quantitative estimate of drug-likeness (QED) is 0.376. The number of rotatable bonds is 11. The summed E-state index contributed by atoms with van der Waals surface area (Å²) in [5.41, 5.74) is 2.31. The number of ether oxygens (including phenoxy) is 2. The molecule has 0 saturated carbocycles. The van der Waals surface area contributed by atoms with Crippen LogP contribution in [-0.4, -0.2) is 39.3 Å². The fraction of sp³-hybridized carbons (Fsp3) is 0.652. The number of hydrogen-bond acceptors (Lipinski definition) is 4. The van der Waals surface area contributed by atoms with Crippen molar-refractivity contribution < 1.29 is 19.0 Å². The molecule has 5 heteroatoms. The molecule has 0 amide bonds. The summed E-state index contributed by atoms with van der Waals surface area (Å²) in [5.74, 6) is 0.848. The molecule has 0 aliphatic rings. The molecular formula is C23H40O4Si. The van der Waals surface area contributed by atoms with E-state index in [1.54, 1.807) is 7.11 Å². The van der Waals surface area contributed by atoms with E-state index in [1.807, 2.05) is 24.3 Å². The molecule has 0 unspecified atom stereocenters. The van der Waals surface area contributed by atoms with Gasteiger partial charge in [-0.2, -0.15) is 0 Å². The first-order valence-electron chi connectivity index (χ1n) is 10.2. The molecule has 4 nitrogen and oxygen atoms in total. The Morgan fingerprint density at radius 1 is 1.18 bits per heavy atom. The molecule has 0 heterocycles. The molecule has 0 fully saturated rings. The maximum atomic E-state index is 9.15. The first-order chi connectivity index (χ1) is 13.0. The van der Waals surface area contributed by atoms with E-state index in [-0.39, 0.29) is 23.9 Å². The summed E-state index contributed by atoms with van der Waals surface area (Å²) in [6, 6.07) is 7.96. The van der Waals surface area contributed by atoms with Crippen LogP contribution in [0, 0.1) is 0 Å². The first-order valence-corrected chi connectivity index (χ1v) is 13.1. The van der Waals surface area contributed by atoms with E-state index in [0.717, 1.165) is 17.7 Å². The van der Waals surface area contributed by atoms with E-state index >= 15 is 0 Å². The molecule has 0 spiro atoms. The number of benzene rings is 1. The van der Waals surface area contributed by atoms with Crippen LogP contribution in [-0.2, 0) is 15.8 Å². The minimum atomic E-state index is -1.92. The molecular weight excluding hydrogens is 368 g/mol. The van der Waals surface area contributed by atoms with Crippen LogP contribution in [0.5, 0.6) is 5.75 Å². The average molecular weight is 409 g/mol. The fourth-order valence-electron chi connectivity index (χ4n) is 2.54. The molecule has 0 radical (unpaired) electrons. The van der Waals surface area contributed by atoms with Gasteiger partial charge < -0.3 is 19.0 Å². The van der Waals surface area contributed by atoms with Gasteiger partial charge in [0.25, 0.3) is 0 Å². The predicted octanol–water partition coefficient (Wildman–Crippen LogP) is 5.71. The van der Waals surface area contributed by atoms with Gasteiger partial charge in [-0.05, 0) is 62.5 Å². The minimum Gasteiger partial charge on any atom is -0.497 e. The van der Waals surface area contributed by atoms with Crippen molar-refractivity contribution in [2.45, 2.75) is 84.4 Å². The smallest absolute Gasteiger partial charge is 0.192 e. The van der Waals surface area contributed by atoms with Crippen LogP contribution in [0.15, 0.2) is 35.9 Å². The van der Waals surface area contributed by atoms with Crippen molar-refractivity contribution in [3.8, 4) is 5.75 Å². The summed E-state index contributed by atoms with van der Waals surface area (Å²) < 4.78 is 18.1. The molecule has 0 aliphatic heterocycles. The van der Waals surface area contributed by atoms with Crippen LogP contribution >= 0.6 is 0 Å². The molecule has 0 saturated heterocycles. The van der Waals surface area contributed by atoms with E-state index < -0.39 is 8.32 Å². The third kappa shape index (κ3) is 8.07. The Morgan fingerprint density at radius 2 is 1.79 bits per heavy atom. The van der Waals surface area contributed by atoms with E-state index in [1.165, 1.54) is 5.57 Å². The highest BCUT2D eigenvalue weighted by atomic mass is 28.4. The van der Waals surface area contributed by atoms with Gasteiger partial charge in [0.2, 0.25) is 0 Å². The Labute approximate surface area is 173 Å². The molecule has 1 aromatic rings. The zero-order chi connectivity index (χ0) is 21.4. The van der Waals surface area contributed by atoms with Crippen molar-refractivity contribution in [1.29, 1.82) is 0 Å². The maximum Gasteiger partial charge on any atom is 0.192 e. The monoisotopic (exact) mass is 408 g/mol. The lowest BCUT2D eigenvalue weighted by Gasteiger charge is -2.40. The first kappa shape index (κ1) is 24.9. The molecule has 0 aromatic heterocycles. The number of methoxy groups -OCH3 is 1. The summed E-state index contributed by atoms with van der Waals surface area (Å²) >= 11 is 0. The van der Waals surface area contributed by atoms with Gasteiger partial charge in [-0.15, -0.1) is 0 Å². The lowest BCUT2D eigenvalue weighted by molar-refractivity contribution is -0.0277. The largest absolute Gasteiger partial charge is 0.497 e. The van der Waals surface area contributed by atoms with E-state index in [2.05, 4.69) is 53.8 Å². The van der Waals surface area contributed by atoms with E-state index in [9.17, 15) is 0 Å². The molecule has 1 N–H and O–H groups in total. The van der Waals surface area contributed by atoms with Crippen molar-refractivity contribution in [3.63, 3.8) is 0 Å². The van der Waals surface area contributed by atoms with Crippen molar-refractivity contribution in [3.05, 3.63) is 41.5 Å². The highest BCUT2D eigenvalue weighted by Gasteiger charge is 2.40. The van der Waals surface area contributed by atoms with Gasteiger partial charge in [0, 0.05) is 6.61 Å². The standard InChI is InChI=1S/C23H40O4Si/c1-18(15-16-24)9-14-22(27-28(7,8)23(3,4)5)19(2)26-17-20-10-12-21(25-6)13-11-20/h9-13,19,22,24H,14-17H2,1-8H3/b18-9-/t19-,22-/m0/s1. The van der Waals surface area contributed by atoms with Crippen LogP contribution in [0.25, 0.3) is 0 Å². The van der Waals surface area contributed by atoms with Gasteiger partial charge in [-0.3, -0.25) is 0 Å². The maximum absolute atomic E-state index is 9.15. The lowest BCUT2D eigenvalue weighted by atomic mass is 10.1. The van der Waals surface area contributed by atoms with E-state index in [0.29, 0.717) is 13.0 Å². The zero-order valence-corrected chi connectivity index (χ0v) is 20.0. The second kappa shape index (κ2) is 11.1. The van der Waals surface area contributed by atoms with Gasteiger partial charge in [-0.25, -0.2) is 0 Å². The summed E-state index contributed by atoms with van der Waals surface area (Å²) in [6.07, 6.45) is 3.64. The van der Waals surface area contributed by atoms with Crippen molar-refractivity contribution in [2.75, 3.05) is 13.7 Å². The Hall–Kier alpha value is -1.14. The molecule has 0 bridgehead atoms. The molecule has 0 aliphatic carbocycles. The van der Waals surface area contributed by atoms with Gasteiger partial charge in [0.05, 0.1) is 25.9 Å². The van der Waals surface area contributed by atoms with Crippen LogP contribution < -0.4 is 4.74 Å². The highest BCUT2D eigenvalue weighted by molar-refractivity contribution is 6.74. The van der Waals surface area contributed by atoms with Crippen molar-refractivity contribution in [2.24, 2.45) is 0 Å². The third-order valence-electron chi connectivity index (χ3n) is 5.65. The number of hydrogen-bond donors (Lipinski definition) is 1. The minimum absolute atomic E-state index is 0.00668. The summed E-state index contributed by atoms with van der Waals surface area (Å²) in [4.78, 5) is 0. The molecule has 2 atom stereocenters. The molecule has 1 rings (SSSR count). The topological polar surface area (TPSA) is 47.9 Å². The number of aliphatic hydroxyl groups excluding tert-OH is 1. The molecule has 1 aromatic carbocycles. The third-order valence-corrected chi connectivity index (χ3v) is 10.2. The normalized spacial score (nSPS) is 15.4.